The minimum absolute atomic E-state index is 0.306. The van der Waals surface area contributed by atoms with E-state index in [0.717, 1.165) is 12.8 Å². The second-order valence-corrected chi connectivity index (χ2v) is 4.09. The molecule has 0 aliphatic rings. The first kappa shape index (κ1) is 13.1. The standard InChI is InChI=1S/C11H13Cl2NO2/c1-2-3-6-14-11(15)16-10-5-4-8(12)7-9(10)13/h4-5,7H,2-3,6H2,1H3,(H,14,15). The zero-order valence-electron chi connectivity index (χ0n) is 8.93. The van der Waals surface area contributed by atoms with Gasteiger partial charge in [-0.05, 0) is 24.6 Å². The van der Waals surface area contributed by atoms with E-state index in [1.807, 2.05) is 6.92 Å². The number of carbonyl (C=O) groups excluding carboxylic acids is 1. The molecule has 0 heterocycles. The molecule has 1 amide bonds. The number of halogens is 2. The fourth-order valence-electron chi connectivity index (χ4n) is 1.06. The zero-order valence-corrected chi connectivity index (χ0v) is 10.4. The molecule has 0 fully saturated rings. The van der Waals surface area contributed by atoms with Crippen molar-refractivity contribution >= 4 is 29.3 Å². The molecule has 16 heavy (non-hydrogen) atoms. The van der Waals surface area contributed by atoms with Crippen LogP contribution in [0.5, 0.6) is 5.75 Å². The second kappa shape index (κ2) is 6.61. The van der Waals surface area contributed by atoms with Gasteiger partial charge in [0.15, 0.2) is 5.75 Å². The number of hydrogen-bond acceptors (Lipinski definition) is 2. The molecular formula is C11H13Cl2NO2. The number of amides is 1. The summed E-state index contributed by atoms with van der Waals surface area (Å²) in [6.07, 6.45) is 1.43. The molecule has 5 heteroatoms. The Hall–Kier alpha value is -0.930. The Morgan fingerprint density at radius 3 is 2.81 bits per heavy atom. The van der Waals surface area contributed by atoms with E-state index in [1.165, 1.54) is 6.07 Å². The molecule has 1 aromatic rings. The Morgan fingerprint density at radius 1 is 1.44 bits per heavy atom. The van der Waals surface area contributed by atoms with Crippen molar-refractivity contribution in [3.63, 3.8) is 0 Å². The lowest BCUT2D eigenvalue weighted by atomic mass is 10.3. The number of benzene rings is 1. The first-order chi connectivity index (χ1) is 7.63. The summed E-state index contributed by atoms with van der Waals surface area (Å²) >= 11 is 11.6. The lowest BCUT2D eigenvalue weighted by Gasteiger charge is -2.07. The lowest BCUT2D eigenvalue weighted by molar-refractivity contribution is 0.200. The Morgan fingerprint density at radius 2 is 2.19 bits per heavy atom. The van der Waals surface area contributed by atoms with E-state index in [9.17, 15) is 4.79 Å². The van der Waals surface area contributed by atoms with Crippen molar-refractivity contribution in [3.05, 3.63) is 28.2 Å². The van der Waals surface area contributed by atoms with Crippen molar-refractivity contribution in [2.75, 3.05) is 6.54 Å². The Bertz CT molecular complexity index is 369. The van der Waals surface area contributed by atoms with Gasteiger partial charge in [-0.15, -0.1) is 0 Å². The Labute approximate surface area is 105 Å². The quantitative estimate of drug-likeness (QED) is 0.836. The topological polar surface area (TPSA) is 38.3 Å². The lowest BCUT2D eigenvalue weighted by Crippen LogP contribution is -2.27. The monoisotopic (exact) mass is 261 g/mol. The van der Waals surface area contributed by atoms with Gasteiger partial charge in [-0.1, -0.05) is 36.5 Å². The number of unbranched alkanes of at least 4 members (excludes halogenated alkanes) is 1. The molecule has 0 unspecified atom stereocenters. The number of ether oxygens (including phenoxy) is 1. The van der Waals surface area contributed by atoms with Gasteiger partial charge in [0.05, 0.1) is 5.02 Å². The third-order valence-electron chi connectivity index (χ3n) is 1.90. The van der Waals surface area contributed by atoms with Gasteiger partial charge in [-0.25, -0.2) is 4.79 Å². The van der Waals surface area contributed by atoms with Crippen molar-refractivity contribution in [2.24, 2.45) is 0 Å². The normalized spacial score (nSPS) is 9.94. The van der Waals surface area contributed by atoms with Crippen molar-refractivity contribution in [3.8, 4) is 5.75 Å². The highest BCUT2D eigenvalue weighted by atomic mass is 35.5. The molecule has 0 aliphatic heterocycles. The van der Waals surface area contributed by atoms with Gasteiger partial charge in [0.25, 0.3) is 0 Å². The van der Waals surface area contributed by atoms with Gasteiger partial charge in [0.2, 0.25) is 0 Å². The molecule has 0 aromatic heterocycles. The number of carbonyl (C=O) groups is 1. The largest absolute Gasteiger partial charge is 0.412 e. The fraction of sp³-hybridized carbons (Fsp3) is 0.364. The third kappa shape index (κ3) is 4.29. The maximum Gasteiger partial charge on any atom is 0.412 e. The number of hydrogen-bond donors (Lipinski definition) is 1. The van der Waals surface area contributed by atoms with Gasteiger partial charge in [-0.2, -0.15) is 0 Å². The fourth-order valence-corrected chi connectivity index (χ4v) is 1.51. The SMILES string of the molecule is CCCCNC(=O)Oc1ccc(Cl)cc1Cl. The van der Waals surface area contributed by atoms with E-state index < -0.39 is 6.09 Å². The van der Waals surface area contributed by atoms with Crippen LogP contribution in [0.4, 0.5) is 4.79 Å². The first-order valence-corrected chi connectivity index (χ1v) is 5.79. The van der Waals surface area contributed by atoms with Crippen LogP contribution in [0.3, 0.4) is 0 Å². The van der Waals surface area contributed by atoms with Crippen LogP contribution in [0.2, 0.25) is 10.0 Å². The van der Waals surface area contributed by atoms with E-state index in [0.29, 0.717) is 22.3 Å². The summed E-state index contributed by atoms with van der Waals surface area (Å²) in [6.45, 7) is 2.64. The van der Waals surface area contributed by atoms with Crippen LogP contribution < -0.4 is 10.1 Å². The molecule has 0 spiro atoms. The Balaban J connectivity index is 2.49. The van der Waals surface area contributed by atoms with Crippen molar-refractivity contribution in [2.45, 2.75) is 19.8 Å². The van der Waals surface area contributed by atoms with Crippen LogP contribution in [0.1, 0.15) is 19.8 Å². The molecule has 0 bridgehead atoms. The maximum absolute atomic E-state index is 11.3. The van der Waals surface area contributed by atoms with E-state index in [1.54, 1.807) is 12.1 Å². The summed E-state index contributed by atoms with van der Waals surface area (Å²) in [5, 5.41) is 3.44. The second-order valence-electron chi connectivity index (χ2n) is 3.24. The van der Waals surface area contributed by atoms with Crippen LogP contribution in [0, 0.1) is 0 Å². The molecule has 1 aromatic carbocycles. The molecule has 0 saturated carbocycles. The molecule has 0 atom stereocenters. The van der Waals surface area contributed by atoms with Gasteiger partial charge in [0.1, 0.15) is 0 Å². The molecule has 88 valence electrons. The first-order valence-electron chi connectivity index (χ1n) is 5.04. The van der Waals surface area contributed by atoms with Crippen molar-refractivity contribution in [1.82, 2.24) is 5.32 Å². The molecular weight excluding hydrogens is 249 g/mol. The number of rotatable bonds is 4. The Kier molecular flexibility index (Phi) is 5.43. The minimum atomic E-state index is -0.502. The summed E-state index contributed by atoms with van der Waals surface area (Å²) in [5.41, 5.74) is 0. The smallest absolute Gasteiger partial charge is 0.409 e. The summed E-state index contributed by atoms with van der Waals surface area (Å²) in [4.78, 5) is 11.3. The highest BCUT2D eigenvalue weighted by Crippen LogP contribution is 2.27. The summed E-state index contributed by atoms with van der Waals surface area (Å²) < 4.78 is 5.01. The average molecular weight is 262 g/mol. The van der Waals surface area contributed by atoms with Gasteiger partial charge in [0, 0.05) is 11.6 Å². The number of nitrogens with one attached hydrogen (secondary N) is 1. The molecule has 1 N–H and O–H groups in total. The average Bonchev–Trinajstić information content (AvgIpc) is 2.23. The van der Waals surface area contributed by atoms with Crippen LogP contribution in [0.25, 0.3) is 0 Å². The van der Waals surface area contributed by atoms with Crippen LogP contribution in [-0.4, -0.2) is 12.6 Å². The van der Waals surface area contributed by atoms with Gasteiger partial charge in [-0.3, -0.25) is 0 Å². The van der Waals surface area contributed by atoms with Gasteiger partial charge >= 0.3 is 6.09 Å². The summed E-state index contributed by atoms with van der Waals surface area (Å²) in [7, 11) is 0. The van der Waals surface area contributed by atoms with Crippen LogP contribution >= 0.6 is 23.2 Å². The summed E-state index contributed by atoms with van der Waals surface area (Å²) in [6, 6.07) is 4.70. The predicted molar refractivity (Wildman–Crippen MR) is 65.4 cm³/mol. The molecule has 0 radical (unpaired) electrons. The van der Waals surface area contributed by atoms with E-state index in [-0.39, 0.29) is 0 Å². The van der Waals surface area contributed by atoms with Crippen molar-refractivity contribution < 1.29 is 9.53 Å². The predicted octanol–water partition coefficient (Wildman–Crippen LogP) is 3.88. The molecule has 0 saturated heterocycles. The molecule has 0 aliphatic carbocycles. The highest BCUT2D eigenvalue weighted by Gasteiger charge is 2.07. The summed E-state index contributed by atoms with van der Waals surface area (Å²) in [5.74, 6) is 0.306. The van der Waals surface area contributed by atoms with Crippen LogP contribution in [-0.2, 0) is 0 Å². The molecule has 3 nitrogen and oxygen atoms in total. The highest BCUT2D eigenvalue weighted by molar-refractivity contribution is 6.35. The van der Waals surface area contributed by atoms with Gasteiger partial charge < -0.3 is 10.1 Å². The molecule has 1 rings (SSSR count). The van der Waals surface area contributed by atoms with Crippen molar-refractivity contribution in [1.29, 1.82) is 0 Å². The maximum atomic E-state index is 11.3. The van der Waals surface area contributed by atoms with Crippen LogP contribution in [0.15, 0.2) is 18.2 Å². The minimum Gasteiger partial charge on any atom is -0.409 e. The third-order valence-corrected chi connectivity index (χ3v) is 2.43. The van der Waals surface area contributed by atoms with E-state index >= 15 is 0 Å². The van der Waals surface area contributed by atoms with E-state index in [2.05, 4.69) is 5.32 Å². The van der Waals surface area contributed by atoms with E-state index in [4.69, 9.17) is 27.9 Å². The zero-order chi connectivity index (χ0) is 12.0.